The third-order valence-electron chi connectivity index (χ3n) is 0. The van der Waals surface area contributed by atoms with Gasteiger partial charge in [0.15, 0.2) is 0 Å². The minimum absolute atomic E-state index is 0. The van der Waals surface area contributed by atoms with E-state index < -0.39 is 6.16 Å². The van der Waals surface area contributed by atoms with Gasteiger partial charge in [0.05, 0.1) is 56.4 Å². The first-order valence-corrected chi connectivity index (χ1v) is 4.21. The average Bonchev–Trinajstić information content (AvgIpc) is 1.45. The van der Waals surface area contributed by atoms with E-state index in [0.717, 1.165) is 8.97 Å². The lowest BCUT2D eigenvalue weighted by Gasteiger charge is -2.14. The van der Waals surface area contributed by atoms with Crippen LogP contribution in [0.3, 0.4) is 0 Å². The number of carbonyl (C=O) groups is 1. The molecule has 0 aromatic rings. The van der Waals surface area contributed by atoms with E-state index in [1.165, 1.54) is 0 Å². The van der Waals surface area contributed by atoms with Crippen molar-refractivity contribution in [3.63, 3.8) is 0 Å². The molecular weight excluding hydrogens is 200 g/mol. The number of hydrogen-bond acceptors (Lipinski definition) is 3. The predicted octanol–water partition coefficient (Wildman–Crippen LogP) is -0.644. The van der Waals surface area contributed by atoms with Gasteiger partial charge in [-0.1, -0.05) is 0 Å². The Balaban J connectivity index is -0.0000000590. The fourth-order valence-corrected chi connectivity index (χ4v) is 0. The molecule has 0 aromatic carbocycles. The molecule has 0 radical (unpaired) electrons. The van der Waals surface area contributed by atoms with Crippen molar-refractivity contribution >= 4 is 6.16 Å². The number of quaternary nitrogens is 2. The first-order valence-electron chi connectivity index (χ1n) is 4.21. The molecule has 0 fully saturated rings. The van der Waals surface area contributed by atoms with Gasteiger partial charge in [0.1, 0.15) is 0 Å². The minimum Gasteiger partial charge on any atom is -0.870 e. The highest BCUT2D eigenvalue weighted by atomic mass is 16.6. The largest absolute Gasteiger partial charge is 0.870 e. The summed E-state index contributed by atoms with van der Waals surface area (Å²) < 4.78 is 2.00. The van der Waals surface area contributed by atoms with Crippen LogP contribution in [0.4, 0.5) is 4.79 Å². The Morgan fingerprint density at radius 1 is 0.867 bits per heavy atom. The van der Waals surface area contributed by atoms with E-state index in [-0.39, 0.29) is 5.48 Å². The van der Waals surface area contributed by atoms with Gasteiger partial charge in [-0.15, -0.1) is 0 Å². The van der Waals surface area contributed by atoms with E-state index in [2.05, 4.69) is 56.4 Å². The topological polar surface area (TPSA) is 90.4 Å². The van der Waals surface area contributed by atoms with E-state index in [9.17, 15) is 0 Å². The van der Waals surface area contributed by atoms with Gasteiger partial charge in [-0.3, -0.25) is 0 Å². The van der Waals surface area contributed by atoms with Crippen LogP contribution >= 0.6 is 0 Å². The monoisotopic (exact) mass is 226 g/mol. The number of nitrogens with zero attached hydrogens (tertiary/aromatic N) is 2. The highest BCUT2D eigenvalue weighted by Gasteiger charge is 1.88. The van der Waals surface area contributed by atoms with Gasteiger partial charge in [0.25, 0.3) is 0 Å². The van der Waals surface area contributed by atoms with Crippen molar-refractivity contribution in [1.29, 1.82) is 0 Å². The molecule has 96 valence electrons. The fraction of sp³-hybridized carbons (Fsp3) is 0.889. The standard InChI is InChI=1S/2C4H12N.CH2O3.H2O/c2*1-5(2,3)4;2-1(3)4;/h2*1-4H3;(H2,2,3,4);1H2/q2*+1;;/p-2. The van der Waals surface area contributed by atoms with Crippen molar-refractivity contribution in [2.45, 2.75) is 0 Å². The SMILES string of the molecule is C[N+](C)(C)C.C[N+](C)(C)C.O=C([O-])O.[OH-]. The molecule has 0 rings (SSSR count). The second-order valence-corrected chi connectivity index (χ2v) is 5.63. The molecule has 6 nitrogen and oxygen atoms in total. The van der Waals surface area contributed by atoms with Crippen molar-refractivity contribution < 1.29 is 29.4 Å². The van der Waals surface area contributed by atoms with Gasteiger partial charge >= 0.3 is 0 Å². The predicted molar refractivity (Wildman–Crippen MR) is 57.9 cm³/mol. The van der Waals surface area contributed by atoms with Crippen molar-refractivity contribution in [1.82, 2.24) is 0 Å². The van der Waals surface area contributed by atoms with Crippen LogP contribution in [0, 0.1) is 0 Å². The molecule has 0 heterocycles. The van der Waals surface area contributed by atoms with Crippen LogP contribution < -0.4 is 5.11 Å². The maximum absolute atomic E-state index is 8.44. The second kappa shape index (κ2) is 9.70. The smallest absolute Gasteiger partial charge is 0.249 e. The average molecular weight is 226 g/mol. The molecule has 0 spiro atoms. The third-order valence-corrected chi connectivity index (χ3v) is 0. The molecule has 0 aliphatic carbocycles. The number of hydrogen-bond donors (Lipinski definition) is 1. The van der Waals surface area contributed by atoms with Crippen LogP contribution in [0.1, 0.15) is 0 Å². The molecule has 0 atom stereocenters. The van der Waals surface area contributed by atoms with Crippen molar-refractivity contribution in [3.05, 3.63) is 0 Å². The van der Waals surface area contributed by atoms with Crippen LogP contribution in [0.2, 0.25) is 0 Å². The summed E-state index contributed by atoms with van der Waals surface area (Å²) in [5.41, 5.74) is 0. The molecule has 0 aromatic heterocycles. The fourth-order valence-electron chi connectivity index (χ4n) is 0. The molecule has 0 aliphatic heterocycles. The summed E-state index contributed by atoms with van der Waals surface area (Å²) in [6.45, 7) is 0. The second-order valence-electron chi connectivity index (χ2n) is 5.63. The quantitative estimate of drug-likeness (QED) is 0.556. The molecule has 0 aliphatic rings. The molecule has 0 bridgehead atoms. The van der Waals surface area contributed by atoms with Gasteiger partial charge in [0.2, 0.25) is 6.16 Å². The lowest BCUT2D eigenvalue weighted by atomic mass is 10.8. The van der Waals surface area contributed by atoms with Crippen molar-refractivity contribution in [3.8, 4) is 0 Å². The van der Waals surface area contributed by atoms with Crippen molar-refractivity contribution in [2.24, 2.45) is 0 Å². The molecule has 0 unspecified atom stereocenters. The van der Waals surface area contributed by atoms with Gasteiger partial charge in [-0.2, -0.15) is 0 Å². The van der Waals surface area contributed by atoms with E-state index in [1.54, 1.807) is 0 Å². The zero-order valence-corrected chi connectivity index (χ0v) is 11.1. The Morgan fingerprint density at radius 2 is 0.867 bits per heavy atom. The lowest BCUT2D eigenvalue weighted by molar-refractivity contribution is -0.849. The van der Waals surface area contributed by atoms with Crippen LogP contribution in [-0.2, 0) is 0 Å². The van der Waals surface area contributed by atoms with E-state index in [0.29, 0.717) is 0 Å². The molecule has 15 heavy (non-hydrogen) atoms. The maximum atomic E-state index is 8.44. The summed E-state index contributed by atoms with van der Waals surface area (Å²) in [6, 6.07) is 0. The summed E-state index contributed by atoms with van der Waals surface area (Å²) in [5.74, 6) is 0. The zero-order chi connectivity index (χ0) is 12.6. The summed E-state index contributed by atoms with van der Waals surface area (Å²) >= 11 is 0. The van der Waals surface area contributed by atoms with Crippen LogP contribution in [0.15, 0.2) is 0 Å². The Hall–Kier alpha value is -0.850. The molecule has 2 N–H and O–H groups in total. The van der Waals surface area contributed by atoms with Crippen LogP contribution in [-0.4, -0.2) is 82.1 Å². The number of rotatable bonds is 0. The third kappa shape index (κ3) is 2260. The summed E-state index contributed by atoms with van der Waals surface area (Å²) in [6.07, 6.45) is -2.08. The summed E-state index contributed by atoms with van der Waals surface area (Å²) in [5, 5.41) is 15.3. The highest BCUT2D eigenvalue weighted by Crippen LogP contribution is 1.74. The molecule has 0 amide bonds. The molecule has 0 saturated heterocycles. The normalized spacial score (nSPS) is 9.60. The van der Waals surface area contributed by atoms with Gasteiger partial charge < -0.3 is 29.4 Å². The van der Waals surface area contributed by atoms with E-state index in [1.807, 2.05) is 0 Å². The van der Waals surface area contributed by atoms with Gasteiger partial charge in [0, 0.05) is 0 Å². The summed E-state index contributed by atoms with van der Waals surface area (Å²) in [7, 11) is 17.0. The Labute approximate surface area is 92.8 Å². The van der Waals surface area contributed by atoms with Crippen LogP contribution in [0.25, 0.3) is 0 Å². The van der Waals surface area contributed by atoms with E-state index >= 15 is 0 Å². The Bertz CT molecular complexity index is 119. The highest BCUT2D eigenvalue weighted by molar-refractivity contribution is 5.50. The molecular formula is C9H26N2O4. The van der Waals surface area contributed by atoms with Crippen molar-refractivity contribution in [2.75, 3.05) is 56.4 Å². The van der Waals surface area contributed by atoms with E-state index in [4.69, 9.17) is 15.0 Å². The number of carboxylic acid groups (broad SMARTS) is 2. The summed E-state index contributed by atoms with van der Waals surface area (Å²) in [4.78, 5) is 8.44. The maximum Gasteiger partial charge on any atom is 0.249 e. The first kappa shape index (κ1) is 23.8. The van der Waals surface area contributed by atoms with Crippen LogP contribution in [0.5, 0.6) is 0 Å². The lowest BCUT2D eigenvalue weighted by Crippen LogP contribution is -2.27. The zero-order valence-electron chi connectivity index (χ0n) is 11.1. The van der Waals surface area contributed by atoms with Gasteiger partial charge in [-0.25, -0.2) is 0 Å². The minimum atomic E-state index is -2.08. The van der Waals surface area contributed by atoms with Gasteiger partial charge in [-0.05, 0) is 0 Å². The first-order chi connectivity index (χ1) is 5.73. The Kier molecular flexibility index (Phi) is 15.4. The molecule has 0 saturated carbocycles. The molecule has 6 heteroatoms. The Morgan fingerprint density at radius 3 is 0.867 bits per heavy atom.